The van der Waals surface area contributed by atoms with E-state index in [1.165, 1.54) is 10.9 Å². The number of aromatic nitrogens is 2. The molecule has 3 heterocycles. The first-order valence-electron chi connectivity index (χ1n) is 8.48. The molecule has 0 atom stereocenters. The summed E-state index contributed by atoms with van der Waals surface area (Å²) in [5.41, 5.74) is 2.35. The normalized spacial score (nSPS) is 17.8. The molecular weight excluding hydrogens is 352 g/mol. The summed E-state index contributed by atoms with van der Waals surface area (Å²) in [6.45, 7) is 2.11. The Kier molecular flexibility index (Phi) is 3.87. The molecule has 0 saturated heterocycles. The summed E-state index contributed by atoms with van der Waals surface area (Å²) < 4.78 is 26.6. The Morgan fingerprint density at radius 1 is 1.31 bits per heavy atom. The van der Waals surface area contributed by atoms with Crippen molar-refractivity contribution in [3.05, 3.63) is 48.2 Å². The molecule has 136 valence electrons. The summed E-state index contributed by atoms with van der Waals surface area (Å²) in [4.78, 5) is 17.6. The summed E-state index contributed by atoms with van der Waals surface area (Å²) in [7, 11) is -1.46. The van der Waals surface area contributed by atoms with Gasteiger partial charge in [-0.3, -0.25) is 9.78 Å². The number of hydrogen-bond donors (Lipinski definition) is 1. The fourth-order valence-corrected chi connectivity index (χ4v) is 4.86. The lowest BCUT2D eigenvalue weighted by Gasteiger charge is -2.26. The third kappa shape index (κ3) is 2.80. The van der Waals surface area contributed by atoms with Crippen LogP contribution in [0.25, 0.3) is 16.5 Å². The lowest BCUT2D eigenvalue weighted by Crippen LogP contribution is -2.33. The van der Waals surface area contributed by atoms with Gasteiger partial charge in [0.15, 0.2) is 0 Å². The quantitative estimate of drug-likeness (QED) is 0.883. The van der Waals surface area contributed by atoms with Crippen molar-refractivity contribution in [3.8, 4) is 0 Å². The fourth-order valence-electron chi connectivity index (χ4n) is 3.16. The summed E-state index contributed by atoms with van der Waals surface area (Å²) in [5.74, 6) is 0.569. The maximum absolute atomic E-state index is 12.6. The minimum Gasteiger partial charge on any atom is -0.357 e. The van der Waals surface area contributed by atoms with E-state index < -0.39 is 10.0 Å². The van der Waals surface area contributed by atoms with Gasteiger partial charge in [0.1, 0.15) is 5.82 Å². The molecule has 2 aliphatic rings. The van der Waals surface area contributed by atoms with Gasteiger partial charge in [0.25, 0.3) is 0 Å². The number of allylic oxidation sites excluding steroid dienone is 2. The average molecular weight is 372 g/mol. The average Bonchev–Trinajstić information content (AvgIpc) is 3.36. The van der Waals surface area contributed by atoms with Crippen LogP contribution in [0.3, 0.4) is 0 Å². The molecule has 2 aromatic rings. The van der Waals surface area contributed by atoms with Crippen molar-refractivity contribution in [2.45, 2.75) is 25.0 Å². The van der Waals surface area contributed by atoms with E-state index in [1.54, 1.807) is 18.6 Å². The van der Waals surface area contributed by atoms with Crippen LogP contribution in [0.5, 0.6) is 0 Å². The molecule has 2 aromatic heterocycles. The molecule has 1 aliphatic carbocycles. The zero-order valence-corrected chi connectivity index (χ0v) is 15.5. The third-order valence-electron chi connectivity index (χ3n) is 4.70. The molecule has 1 fully saturated rings. The van der Waals surface area contributed by atoms with E-state index in [2.05, 4.69) is 10.3 Å². The molecule has 4 rings (SSSR count). The Morgan fingerprint density at radius 3 is 2.77 bits per heavy atom. The Bertz CT molecular complexity index is 1060. The largest absolute Gasteiger partial charge is 0.357 e. The van der Waals surface area contributed by atoms with E-state index in [1.807, 2.05) is 30.2 Å². The molecule has 1 aliphatic heterocycles. The van der Waals surface area contributed by atoms with E-state index >= 15 is 0 Å². The number of amides is 1. The molecule has 0 bridgehead atoms. The van der Waals surface area contributed by atoms with Crippen molar-refractivity contribution >= 4 is 32.4 Å². The number of hydrogen-bond acceptors (Lipinski definition) is 5. The van der Waals surface area contributed by atoms with Gasteiger partial charge in [-0.2, -0.15) is 0 Å². The van der Waals surface area contributed by atoms with Crippen molar-refractivity contribution in [1.82, 2.24) is 19.2 Å². The second-order valence-electron chi connectivity index (χ2n) is 6.73. The monoisotopic (exact) mass is 372 g/mol. The highest BCUT2D eigenvalue weighted by Gasteiger charge is 2.37. The van der Waals surface area contributed by atoms with Gasteiger partial charge in [0.05, 0.1) is 17.0 Å². The molecule has 0 spiro atoms. The van der Waals surface area contributed by atoms with Gasteiger partial charge in [0, 0.05) is 43.9 Å². The summed E-state index contributed by atoms with van der Waals surface area (Å²) in [5, 5.41) is 3.37. The molecule has 1 amide bonds. The van der Waals surface area contributed by atoms with Crippen LogP contribution in [0, 0.1) is 0 Å². The fraction of sp³-hybridized carbons (Fsp3) is 0.333. The van der Waals surface area contributed by atoms with Gasteiger partial charge >= 0.3 is 0 Å². The van der Waals surface area contributed by atoms with Crippen LogP contribution in [0.4, 0.5) is 0 Å². The number of carbonyl (C=O) groups excluding carboxylic acids is 1. The molecular formula is C18H20N4O3S. The van der Waals surface area contributed by atoms with Gasteiger partial charge in [-0.25, -0.2) is 12.4 Å². The molecule has 7 nitrogen and oxygen atoms in total. The van der Waals surface area contributed by atoms with E-state index in [-0.39, 0.29) is 11.2 Å². The van der Waals surface area contributed by atoms with E-state index in [9.17, 15) is 13.2 Å². The van der Waals surface area contributed by atoms with Gasteiger partial charge in [-0.1, -0.05) is 6.08 Å². The number of carbonyl (C=O) groups is 1. The van der Waals surface area contributed by atoms with Crippen molar-refractivity contribution in [1.29, 1.82) is 0 Å². The van der Waals surface area contributed by atoms with Crippen molar-refractivity contribution in [2.75, 3.05) is 13.6 Å². The number of rotatable bonds is 4. The topological polar surface area (TPSA) is 84.3 Å². The maximum Gasteiger partial charge on any atom is 0.241 e. The summed E-state index contributed by atoms with van der Waals surface area (Å²) >= 11 is 0. The smallest absolute Gasteiger partial charge is 0.241 e. The third-order valence-corrected chi connectivity index (χ3v) is 6.88. The van der Waals surface area contributed by atoms with E-state index in [0.29, 0.717) is 17.9 Å². The first-order chi connectivity index (χ1) is 12.4. The van der Waals surface area contributed by atoms with Crippen molar-refractivity contribution in [3.63, 3.8) is 0 Å². The predicted molar refractivity (Wildman–Crippen MR) is 99.6 cm³/mol. The number of nitrogens with zero attached hydrogens (tertiary/aromatic N) is 3. The highest BCUT2D eigenvalue weighted by molar-refractivity contribution is 7.91. The number of nitrogens with one attached hydrogen (secondary N) is 1. The summed E-state index contributed by atoms with van der Waals surface area (Å²) in [6, 6.07) is 1.82. The first-order valence-corrected chi connectivity index (χ1v) is 9.98. The van der Waals surface area contributed by atoms with Crippen LogP contribution in [-0.4, -0.2) is 47.0 Å². The molecule has 1 N–H and O–H groups in total. The van der Waals surface area contributed by atoms with Gasteiger partial charge < -0.3 is 10.2 Å². The maximum atomic E-state index is 12.6. The van der Waals surface area contributed by atoms with Crippen LogP contribution in [-0.2, 0) is 14.8 Å². The van der Waals surface area contributed by atoms with Gasteiger partial charge in [0.2, 0.25) is 15.9 Å². The zero-order valence-electron chi connectivity index (χ0n) is 14.6. The highest BCUT2D eigenvalue weighted by atomic mass is 32.2. The number of likely N-dealkylation sites (N-methyl/N-ethyl adjacent to an activating group) is 1. The van der Waals surface area contributed by atoms with Crippen LogP contribution >= 0.6 is 0 Å². The van der Waals surface area contributed by atoms with E-state index in [0.717, 1.165) is 29.4 Å². The Hall–Kier alpha value is -2.61. The first kappa shape index (κ1) is 16.8. The van der Waals surface area contributed by atoms with Crippen molar-refractivity contribution in [2.24, 2.45) is 0 Å². The second kappa shape index (κ2) is 5.98. The molecule has 1 saturated carbocycles. The van der Waals surface area contributed by atoms with Crippen LogP contribution in [0.2, 0.25) is 0 Å². The van der Waals surface area contributed by atoms with Crippen molar-refractivity contribution < 1.29 is 13.2 Å². The second-order valence-corrected chi connectivity index (χ2v) is 8.82. The molecule has 26 heavy (non-hydrogen) atoms. The minimum atomic E-state index is -3.36. The molecule has 8 heteroatoms. The number of fused-ring (bicyclic) bond motifs is 1. The van der Waals surface area contributed by atoms with Crippen LogP contribution < -0.4 is 5.32 Å². The molecule has 0 unspecified atom stereocenters. The lowest BCUT2D eigenvalue weighted by molar-refractivity contribution is -0.118. The Labute approximate surface area is 152 Å². The van der Waals surface area contributed by atoms with Gasteiger partial charge in [-0.05, 0) is 30.6 Å². The standard InChI is InChI=1S/C18H20N4O3S/c1-12(23)20-18-9-13(5-7-21(18)2)16-10-19-11-17-15(16)6-8-22(17)26(24,25)14-3-4-14/h5-6,8-11,14H,3-4,7H2,1-2H3,(H,20,23). The lowest BCUT2D eigenvalue weighted by atomic mass is 10.0. The minimum absolute atomic E-state index is 0.137. The zero-order chi connectivity index (χ0) is 18.5. The van der Waals surface area contributed by atoms with Crippen LogP contribution in [0.15, 0.2) is 42.6 Å². The Morgan fingerprint density at radius 2 is 2.08 bits per heavy atom. The highest BCUT2D eigenvalue weighted by Crippen LogP contribution is 2.34. The Balaban J connectivity index is 1.80. The predicted octanol–water partition coefficient (Wildman–Crippen LogP) is 1.68. The molecule has 0 radical (unpaired) electrons. The van der Waals surface area contributed by atoms with E-state index in [4.69, 9.17) is 0 Å². The van der Waals surface area contributed by atoms with Gasteiger partial charge in [-0.15, -0.1) is 0 Å². The molecule has 0 aromatic carbocycles. The number of pyridine rings is 1. The summed E-state index contributed by atoms with van der Waals surface area (Å²) in [6.07, 6.45) is 10.3. The SMILES string of the molecule is CC(=O)NC1=CC(c2cncc3c2ccn3S(=O)(=O)C2CC2)=CCN1C. The van der Waals surface area contributed by atoms with Crippen LogP contribution in [0.1, 0.15) is 25.3 Å².